The van der Waals surface area contributed by atoms with Crippen molar-refractivity contribution in [1.29, 1.82) is 5.26 Å². The lowest BCUT2D eigenvalue weighted by atomic mass is 10.2. The molecule has 13 heteroatoms. The third-order valence-corrected chi connectivity index (χ3v) is 5.77. The minimum absolute atomic E-state index is 0.0342. The number of nitrogens with two attached hydrogens (primary N) is 1. The predicted molar refractivity (Wildman–Crippen MR) is 127 cm³/mol. The van der Waals surface area contributed by atoms with Crippen LogP contribution in [0.2, 0.25) is 10.0 Å². The standard InChI is InChI=1S/C21H18Cl2N6O4S/c22-15-8-16(23)17(33-6-5-24)7-14(15)18-27-20(25)29-21(28-18)34-13-3-1-11(2-4-13)19(32)26-12(9-30)10-31/h1-4,7-8,12,30-31H,6,9-10H2,(H,26,32)(H2,25,27,28,29). The molecule has 0 fully saturated rings. The normalized spacial score (nSPS) is 10.7. The Labute approximate surface area is 208 Å². The van der Waals surface area contributed by atoms with Crippen LogP contribution in [-0.4, -0.2) is 56.9 Å². The van der Waals surface area contributed by atoms with Crippen LogP contribution in [0, 0.1) is 11.3 Å². The van der Waals surface area contributed by atoms with Crippen LogP contribution >= 0.6 is 35.0 Å². The van der Waals surface area contributed by atoms with Crippen LogP contribution in [0.25, 0.3) is 11.4 Å². The molecule has 5 N–H and O–H groups in total. The zero-order valence-corrected chi connectivity index (χ0v) is 19.7. The molecule has 0 bridgehead atoms. The molecule has 3 aromatic rings. The summed E-state index contributed by atoms with van der Waals surface area (Å²) in [4.78, 5) is 25.6. The minimum atomic E-state index is -0.737. The third kappa shape index (κ3) is 6.47. The van der Waals surface area contributed by atoms with E-state index < -0.39 is 11.9 Å². The second kappa shape index (κ2) is 11.8. The van der Waals surface area contributed by atoms with E-state index in [0.717, 1.165) is 0 Å². The van der Waals surface area contributed by atoms with E-state index in [1.807, 2.05) is 6.07 Å². The van der Waals surface area contributed by atoms with Crippen LogP contribution in [0.4, 0.5) is 5.95 Å². The minimum Gasteiger partial charge on any atom is -0.477 e. The van der Waals surface area contributed by atoms with Crippen molar-refractivity contribution in [3.63, 3.8) is 0 Å². The number of rotatable bonds is 9. The number of anilines is 1. The fourth-order valence-corrected chi connectivity index (χ4v) is 3.93. The van der Waals surface area contributed by atoms with Gasteiger partial charge in [0.25, 0.3) is 5.91 Å². The highest BCUT2D eigenvalue weighted by molar-refractivity contribution is 7.99. The Morgan fingerprint density at radius 1 is 1.15 bits per heavy atom. The zero-order valence-electron chi connectivity index (χ0n) is 17.4. The van der Waals surface area contributed by atoms with Crippen LogP contribution in [-0.2, 0) is 0 Å². The van der Waals surface area contributed by atoms with Crippen molar-refractivity contribution in [2.24, 2.45) is 0 Å². The number of hydrogen-bond acceptors (Lipinski definition) is 10. The quantitative estimate of drug-likeness (QED) is 0.329. The second-order valence-corrected chi connectivity index (χ2v) is 8.53. The summed E-state index contributed by atoms with van der Waals surface area (Å²) >= 11 is 13.6. The number of nitrogen functional groups attached to an aromatic ring is 1. The van der Waals surface area contributed by atoms with Crippen molar-refractivity contribution >= 4 is 46.8 Å². The molecule has 10 nitrogen and oxygen atoms in total. The fraction of sp³-hybridized carbons (Fsp3) is 0.190. The lowest BCUT2D eigenvalue weighted by molar-refractivity contribution is 0.0879. The number of nitrogens with zero attached hydrogens (tertiary/aromatic N) is 4. The average Bonchev–Trinajstić information content (AvgIpc) is 2.82. The smallest absolute Gasteiger partial charge is 0.251 e. The van der Waals surface area contributed by atoms with Crippen molar-refractivity contribution in [3.05, 3.63) is 52.0 Å². The van der Waals surface area contributed by atoms with Gasteiger partial charge in [-0.2, -0.15) is 15.2 Å². The first-order chi connectivity index (χ1) is 16.3. The van der Waals surface area contributed by atoms with Crippen LogP contribution < -0.4 is 15.8 Å². The van der Waals surface area contributed by atoms with Gasteiger partial charge in [0.1, 0.15) is 11.8 Å². The van der Waals surface area contributed by atoms with E-state index in [4.69, 9.17) is 49.1 Å². The number of carbonyl (C=O) groups excluding carboxylic acids is 1. The van der Waals surface area contributed by atoms with E-state index in [1.54, 1.807) is 24.3 Å². The van der Waals surface area contributed by atoms with Crippen LogP contribution in [0.3, 0.4) is 0 Å². The molecule has 0 saturated carbocycles. The van der Waals surface area contributed by atoms with Gasteiger partial charge in [-0.05, 0) is 48.2 Å². The predicted octanol–water partition coefficient (Wildman–Crippen LogP) is 2.56. The molecule has 0 aliphatic carbocycles. The van der Waals surface area contributed by atoms with E-state index in [-0.39, 0.29) is 52.5 Å². The van der Waals surface area contributed by atoms with Crippen LogP contribution in [0.1, 0.15) is 10.4 Å². The number of nitriles is 1. The van der Waals surface area contributed by atoms with Crippen molar-refractivity contribution in [3.8, 4) is 23.2 Å². The number of ether oxygens (including phenoxy) is 1. The van der Waals surface area contributed by atoms with Gasteiger partial charge in [0, 0.05) is 16.0 Å². The van der Waals surface area contributed by atoms with Gasteiger partial charge in [-0.1, -0.05) is 23.2 Å². The Hall–Kier alpha value is -3.14. The monoisotopic (exact) mass is 520 g/mol. The van der Waals surface area contributed by atoms with Gasteiger partial charge in [0.2, 0.25) is 5.95 Å². The topological polar surface area (TPSA) is 167 Å². The molecule has 0 unspecified atom stereocenters. The fourth-order valence-electron chi connectivity index (χ4n) is 2.66. The number of amides is 1. The van der Waals surface area contributed by atoms with Crippen LogP contribution in [0.15, 0.2) is 46.5 Å². The number of aliphatic hydroxyl groups excluding tert-OH is 2. The molecule has 1 aromatic heterocycles. The summed E-state index contributed by atoms with van der Waals surface area (Å²) in [6, 6.07) is 10.7. The number of benzene rings is 2. The molecule has 0 radical (unpaired) electrons. The SMILES string of the molecule is N#CCOc1cc(-c2nc(N)nc(Sc3ccc(C(=O)NC(CO)CO)cc3)n2)c(Cl)cc1Cl. The molecule has 1 amide bonds. The summed E-state index contributed by atoms with van der Waals surface area (Å²) in [6.07, 6.45) is 0. The maximum absolute atomic E-state index is 12.2. The molecule has 34 heavy (non-hydrogen) atoms. The van der Waals surface area contributed by atoms with Gasteiger partial charge in [-0.25, -0.2) is 4.98 Å². The number of halogens is 2. The Kier molecular flexibility index (Phi) is 8.86. The summed E-state index contributed by atoms with van der Waals surface area (Å²) in [5.41, 5.74) is 6.62. The van der Waals surface area contributed by atoms with E-state index in [1.165, 1.54) is 23.9 Å². The summed E-state index contributed by atoms with van der Waals surface area (Å²) in [7, 11) is 0. The van der Waals surface area contributed by atoms with Gasteiger partial charge < -0.3 is 26.0 Å². The van der Waals surface area contributed by atoms with E-state index in [0.29, 0.717) is 16.0 Å². The Morgan fingerprint density at radius 3 is 2.50 bits per heavy atom. The number of aliphatic hydroxyl groups is 2. The lowest BCUT2D eigenvalue weighted by Crippen LogP contribution is -2.40. The number of nitrogens with one attached hydrogen (secondary N) is 1. The highest BCUT2D eigenvalue weighted by Gasteiger charge is 2.16. The third-order valence-electron chi connectivity index (χ3n) is 4.29. The Balaban J connectivity index is 1.82. The first-order valence-corrected chi connectivity index (χ1v) is 11.2. The average molecular weight is 521 g/mol. The van der Waals surface area contributed by atoms with Crippen molar-refractivity contribution < 1.29 is 19.7 Å². The van der Waals surface area contributed by atoms with E-state index in [2.05, 4.69) is 20.3 Å². The highest BCUT2D eigenvalue weighted by Crippen LogP contribution is 2.36. The van der Waals surface area contributed by atoms with Crippen molar-refractivity contribution in [2.45, 2.75) is 16.1 Å². The van der Waals surface area contributed by atoms with Gasteiger partial charge in [0.15, 0.2) is 17.6 Å². The number of aromatic nitrogens is 3. The Morgan fingerprint density at radius 2 is 1.85 bits per heavy atom. The number of hydrogen-bond donors (Lipinski definition) is 4. The van der Waals surface area contributed by atoms with E-state index >= 15 is 0 Å². The van der Waals surface area contributed by atoms with Gasteiger partial charge >= 0.3 is 0 Å². The molecular weight excluding hydrogens is 503 g/mol. The first-order valence-electron chi connectivity index (χ1n) is 9.65. The van der Waals surface area contributed by atoms with Crippen molar-refractivity contribution in [2.75, 3.05) is 25.6 Å². The molecule has 3 rings (SSSR count). The zero-order chi connectivity index (χ0) is 24.7. The molecule has 0 aliphatic heterocycles. The summed E-state index contributed by atoms with van der Waals surface area (Å²) in [5.74, 6) is -0.0287. The van der Waals surface area contributed by atoms with Crippen molar-refractivity contribution in [1.82, 2.24) is 20.3 Å². The molecule has 176 valence electrons. The largest absolute Gasteiger partial charge is 0.477 e. The van der Waals surface area contributed by atoms with Gasteiger partial charge in [-0.15, -0.1) is 0 Å². The first kappa shape index (κ1) is 25.5. The Bertz CT molecular complexity index is 1220. The summed E-state index contributed by atoms with van der Waals surface area (Å²) < 4.78 is 5.31. The maximum Gasteiger partial charge on any atom is 0.251 e. The van der Waals surface area contributed by atoms with Gasteiger partial charge in [0.05, 0.1) is 29.3 Å². The van der Waals surface area contributed by atoms with E-state index in [9.17, 15) is 4.79 Å². The highest BCUT2D eigenvalue weighted by atomic mass is 35.5. The molecule has 1 heterocycles. The van der Waals surface area contributed by atoms with Crippen LogP contribution in [0.5, 0.6) is 5.75 Å². The molecule has 0 atom stereocenters. The molecular formula is C21H18Cl2N6O4S. The summed E-state index contributed by atoms with van der Waals surface area (Å²) in [6.45, 7) is -0.943. The lowest BCUT2D eigenvalue weighted by Gasteiger charge is -2.13. The van der Waals surface area contributed by atoms with Gasteiger partial charge in [-0.3, -0.25) is 4.79 Å². The molecule has 0 spiro atoms. The summed E-state index contributed by atoms with van der Waals surface area (Å²) in [5, 5.41) is 30.2. The maximum atomic E-state index is 12.2. The molecule has 0 saturated heterocycles. The molecule has 0 aliphatic rings. The number of carbonyl (C=O) groups is 1. The molecule has 2 aromatic carbocycles. The second-order valence-electron chi connectivity index (χ2n) is 6.67.